The lowest BCUT2D eigenvalue weighted by atomic mass is 10.1. The number of fused-ring (bicyclic) bond motifs is 1. The molecule has 7 nitrogen and oxygen atoms in total. The van der Waals surface area contributed by atoms with Gasteiger partial charge in [-0.1, -0.05) is 29.8 Å². The van der Waals surface area contributed by atoms with Gasteiger partial charge in [0, 0.05) is 18.0 Å². The first-order valence-electron chi connectivity index (χ1n) is 8.86. The lowest BCUT2D eigenvalue weighted by Gasteiger charge is -2.26. The summed E-state index contributed by atoms with van der Waals surface area (Å²) in [4.78, 5) is 17.8. The van der Waals surface area contributed by atoms with Crippen LogP contribution in [0.3, 0.4) is 0 Å². The first-order valence-corrected chi connectivity index (χ1v) is 11.4. The molecule has 2 aromatic carbocycles. The molecule has 1 aliphatic heterocycles. The van der Waals surface area contributed by atoms with Crippen molar-refractivity contribution in [2.45, 2.75) is 12.7 Å². The van der Waals surface area contributed by atoms with Crippen molar-refractivity contribution in [2.75, 3.05) is 23.3 Å². The highest BCUT2D eigenvalue weighted by molar-refractivity contribution is 7.92. The molecule has 1 amide bonds. The average molecular weight is 430 g/mol. The number of nitrogens with zero attached hydrogens (tertiary/aromatic N) is 2. The highest BCUT2D eigenvalue weighted by Crippen LogP contribution is 2.36. The van der Waals surface area contributed by atoms with E-state index in [4.69, 9.17) is 4.74 Å². The van der Waals surface area contributed by atoms with E-state index in [2.05, 4.69) is 9.71 Å². The van der Waals surface area contributed by atoms with E-state index < -0.39 is 10.0 Å². The third-order valence-corrected chi connectivity index (χ3v) is 6.63. The van der Waals surface area contributed by atoms with Crippen molar-refractivity contribution >= 4 is 38.1 Å². The summed E-state index contributed by atoms with van der Waals surface area (Å²) in [7, 11) is -1.88. The van der Waals surface area contributed by atoms with Gasteiger partial charge in [0.2, 0.25) is 10.0 Å². The van der Waals surface area contributed by atoms with Crippen LogP contribution in [0, 0.1) is 6.92 Å². The second kappa shape index (κ2) is 7.49. The Kier molecular flexibility index (Phi) is 5.01. The highest BCUT2D eigenvalue weighted by atomic mass is 32.2. The Bertz CT molecular complexity index is 1190. The van der Waals surface area contributed by atoms with E-state index in [1.807, 2.05) is 37.3 Å². The van der Waals surface area contributed by atoms with Crippen molar-refractivity contribution in [3.05, 3.63) is 59.0 Å². The molecule has 0 bridgehead atoms. The van der Waals surface area contributed by atoms with Crippen LogP contribution >= 0.6 is 11.3 Å². The van der Waals surface area contributed by atoms with Gasteiger partial charge in [-0.3, -0.25) is 9.52 Å². The Labute approximate surface area is 173 Å². The van der Waals surface area contributed by atoms with E-state index in [9.17, 15) is 13.2 Å². The molecule has 0 saturated heterocycles. The van der Waals surface area contributed by atoms with Gasteiger partial charge in [0.1, 0.15) is 5.75 Å². The van der Waals surface area contributed by atoms with Crippen LogP contribution in [0.1, 0.15) is 11.1 Å². The van der Waals surface area contributed by atoms with Gasteiger partial charge in [0.05, 0.1) is 17.1 Å². The molecule has 9 heteroatoms. The number of ether oxygens (including phenoxy) is 1. The third kappa shape index (κ3) is 4.25. The minimum Gasteiger partial charge on any atom is -0.482 e. The van der Waals surface area contributed by atoms with Crippen LogP contribution in [0.15, 0.2) is 47.8 Å². The normalized spacial score (nSPS) is 13.7. The SMILES string of the molecule is Cc1cccc(CS(=O)(=O)Nc2nc(-c3ccc4c(c3)N(C)C(=O)CO4)cs2)c1. The highest BCUT2D eigenvalue weighted by Gasteiger charge is 2.23. The molecule has 2 heterocycles. The number of aromatic nitrogens is 1. The Morgan fingerprint density at radius 2 is 2.07 bits per heavy atom. The molecule has 0 aliphatic carbocycles. The van der Waals surface area contributed by atoms with Gasteiger partial charge in [-0.15, -0.1) is 11.3 Å². The second-order valence-corrected chi connectivity index (χ2v) is 9.39. The van der Waals surface area contributed by atoms with Crippen molar-refractivity contribution in [3.8, 4) is 17.0 Å². The number of rotatable bonds is 5. The molecule has 0 spiro atoms. The van der Waals surface area contributed by atoms with E-state index in [-0.39, 0.29) is 18.3 Å². The van der Waals surface area contributed by atoms with Crippen LogP contribution in [-0.2, 0) is 20.6 Å². The second-order valence-electron chi connectivity index (χ2n) is 6.81. The number of sulfonamides is 1. The number of thiazole rings is 1. The molecule has 0 atom stereocenters. The predicted molar refractivity (Wildman–Crippen MR) is 114 cm³/mol. The standard InChI is InChI=1S/C20H19N3O4S2/c1-13-4-3-5-14(8-13)12-29(25,26)22-20-21-16(11-28-20)15-6-7-18-17(9-15)23(2)19(24)10-27-18/h3-9,11H,10,12H2,1-2H3,(H,21,22). The maximum Gasteiger partial charge on any atom is 0.264 e. The monoisotopic (exact) mass is 429 g/mol. The predicted octanol–water partition coefficient (Wildman–Crippen LogP) is 3.42. The molecule has 4 rings (SSSR count). The van der Waals surface area contributed by atoms with Gasteiger partial charge in [-0.25, -0.2) is 13.4 Å². The summed E-state index contributed by atoms with van der Waals surface area (Å²) in [6.45, 7) is 1.94. The number of likely N-dealkylation sites (N-methyl/N-ethyl adjacent to an activating group) is 1. The van der Waals surface area contributed by atoms with Crippen LogP contribution in [-0.4, -0.2) is 33.0 Å². The molecule has 1 aromatic heterocycles. The zero-order valence-corrected chi connectivity index (χ0v) is 17.5. The number of hydrogen-bond acceptors (Lipinski definition) is 6. The van der Waals surface area contributed by atoms with E-state index in [0.717, 1.165) is 16.7 Å². The Balaban J connectivity index is 1.54. The van der Waals surface area contributed by atoms with Crippen molar-refractivity contribution < 1.29 is 17.9 Å². The zero-order chi connectivity index (χ0) is 20.6. The zero-order valence-electron chi connectivity index (χ0n) is 15.9. The first-order chi connectivity index (χ1) is 13.8. The number of nitrogens with one attached hydrogen (secondary N) is 1. The molecule has 0 radical (unpaired) electrons. The number of carbonyl (C=O) groups excluding carboxylic acids is 1. The van der Waals surface area contributed by atoms with Crippen LogP contribution in [0.5, 0.6) is 5.75 Å². The summed E-state index contributed by atoms with van der Waals surface area (Å²) < 4.78 is 33.0. The first kappa shape index (κ1) is 19.4. The van der Waals surface area contributed by atoms with Crippen LogP contribution in [0.4, 0.5) is 10.8 Å². The lowest BCUT2D eigenvalue weighted by molar-refractivity contribution is -0.120. The molecule has 29 heavy (non-hydrogen) atoms. The Hall–Kier alpha value is -2.91. The van der Waals surface area contributed by atoms with Crippen LogP contribution < -0.4 is 14.4 Å². The van der Waals surface area contributed by atoms with Gasteiger partial charge < -0.3 is 9.64 Å². The topological polar surface area (TPSA) is 88.6 Å². The van der Waals surface area contributed by atoms with E-state index in [0.29, 0.717) is 22.3 Å². The molecule has 150 valence electrons. The van der Waals surface area contributed by atoms with Gasteiger partial charge in [-0.2, -0.15) is 0 Å². The minimum absolute atomic E-state index is 0.0203. The lowest BCUT2D eigenvalue weighted by Crippen LogP contribution is -2.35. The van der Waals surface area contributed by atoms with E-state index >= 15 is 0 Å². The van der Waals surface area contributed by atoms with Crippen LogP contribution in [0.25, 0.3) is 11.3 Å². The summed E-state index contributed by atoms with van der Waals surface area (Å²) in [5, 5.41) is 2.07. The van der Waals surface area contributed by atoms with Gasteiger partial charge in [0.25, 0.3) is 5.91 Å². The minimum atomic E-state index is -3.58. The maximum atomic E-state index is 12.5. The molecule has 0 fully saturated rings. The smallest absolute Gasteiger partial charge is 0.264 e. The molecule has 1 N–H and O–H groups in total. The molecule has 0 saturated carbocycles. The van der Waals surface area contributed by atoms with E-state index in [1.165, 1.54) is 11.3 Å². The maximum absolute atomic E-state index is 12.5. The summed E-state index contributed by atoms with van der Waals surface area (Å²) in [5.41, 5.74) is 3.78. The fourth-order valence-electron chi connectivity index (χ4n) is 3.08. The number of hydrogen-bond donors (Lipinski definition) is 1. The fourth-order valence-corrected chi connectivity index (χ4v) is 5.21. The van der Waals surface area contributed by atoms with Gasteiger partial charge in [-0.05, 0) is 30.7 Å². The van der Waals surface area contributed by atoms with Crippen molar-refractivity contribution in [1.82, 2.24) is 4.98 Å². The number of anilines is 2. The summed E-state index contributed by atoms with van der Waals surface area (Å²) in [6, 6.07) is 12.8. The van der Waals surface area contributed by atoms with Crippen LogP contribution in [0.2, 0.25) is 0 Å². The molecule has 3 aromatic rings. The molecular formula is C20H19N3O4S2. The Morgan fingerprint density at radius 1 is 1.24 bits per heavy atom. The number of carbonyl (C=O) groups is 1. The molecule has 1 aliphatic rings. The molecule has 0 unspecified atom stereocenters. The quantitative estimate of drug-likeness (QED) is 0.671. The van der Waals surface area contributed by atoms with Crippen molar-refractivity contribution in [2.24, 2.45) is 0 Å². The number of benzene rings is 2. The summed E-state index contributed by atoms with van der Waals surface area (Å²) >= 11 is 1.21. The van der Waals surface area contributed by atoms with Crippen molar-refractivity contribution in [3.63, 3.8) is 0 Å². The summed E-state index contributed by atoms with van der Waals surface area (Å²) in [6.07, 6.45) is 0. The van der Waals surface area contributed by atoms with Gasteiger partial charge >= 0.3 is 0 Å². The third-order valence-electron chi connectivity index (χ3n) is 4.53. The van der Waals surface area contributed by atoms with Crippen molar-refractivity contribution in [1.29, 1.82) is 0 Å². The fraction of sp³-hybridized carbons (Fsp3) is 0.200. The largest absolute Gasteiger partial charge is 0.482 e. The summed E-state index contributed by atoms with van der Waals surface area (Å²) in [5.74, 6) is 0.384. The van der Waals surface area contributed by atoms with Gasteiger partial charge in [0.15, 0.2) is 11.7 Å². The molecular weight excluding hydrogens is 410 g/mol. The number of amides is 1. The average Bonchev–Trinajstić information content (AvgIpc) is 3.12. The number of aryl methyl sites for hydroxylation is 1. The van der Waals surface area contributed by atoms with E-state index in [1.54, 1.807) is 29.5 Å². The Morgan fingerprint density at radius 3 is 2.86 bits per heavy atom.